The number of Topliss-reactive ketones (excluding diaryl/α,β-unsaturated/α-hetero) is 1. The molecule has 0 aliphatic carbocycles. The van der Waals surface area contributed by atoms with Gasteiger partial charge in [0.05, 0.1) is 0 Å². The Kier molecular flexibility index (Phi) is 7.66. The Bertz CT molecular complexity index is 463. The molecule has 0 N–H and O–H groups in total. The second-order valence-electron chi connectivity index (χ2n) is 6.11. The molecule has 1 aromatic carbocycles. The second-order valence-corrected chi connectivity index (χ2v) is 6.11. The fourth-order valence-corrected chi connectivity index (χ4v) is 2.56. The van der Waals surface area contributed by atoms with Crippen LogP contribution in [0.2, 0.25) is 0 Å². The third-order valence-electron chi connectivity index (χ3n) is 4.27. The molecule has 21 heavy (non-hydrogen) atoms. The minimum Gasteiger partial charge on any atom is -0.373 e. The fourth-order valence-electron chi connectivity index (χ4n) is 2.56. The van der Waals surface area contributed by atoms with Crippen LogP contribution >= 0.6 is 0 Å². The first-order valence-corrected chi connectivity index (χ1v) is 8.18. The Morgan fingerprint density at radius 1 is 1.10 bits per heavy atom. The van der Waals surface area contributed by atoms with Gasteiger partial charge in [-0.05, 0) is 55.9 Å². The summed E-state index contributed by atoms with van der Waals surface area (Å²) in [6.45, 7) is 11.4. The molecule has 118 valence electrons. The number of rotatable bonds is 9. The van der Waals surface area contributed by atoms with Crippen molar-refractivity contribution in [2.45, 2.75) is 60.3 Å². The first kappa shape index (κ1) is 17.9. The molecule has 0 radical (unpaired) electrons. The maximum absolute atomic E-state index is 12.3. The van der Waals surface area contributed by atoms with Crippen LogP contribution in [0.5, 0.6) is 0 Å². The molecule has 0 saturated carbocycles. The van der Waals surface area contributed by atoms with Crippen LogP contribution in [0.3, 0.4) is 0 Å². The predicted octanol–water partition coefficient (Wildman–Crippen LogP) is 5.03. The normalized spacial score (nSPS) is 12.4. The van der Waals surface area contributed by atoms with Gasteiger partial charge in [0.2, 0.25) is 0 Å². The van der Waals surface area contributed by atoms with Crippen molar-refractivity contribution in [1.82, 2.24) is 0 Å². The summed E-state index contributed by atoms with van der Waals surface area (Å²) in [4.78, 5) is 12.3. The zero-order chi connectivity index (χ0) is 15.8. The van der Waals surface area contributed by atoms with E-state index in [4.69, 9.17) is 4.74 Å². The van der Waals surface area contributed by atoms with Gasteiger partial charge in [0.15, 0.2) is 5.78 Å². The Morgan fingerprint density at radius 3 is 2.38 bits per heavy atom. The van der Waals surface area contributed by atoms with E-state index in [1.807, 2.05) is 19.9 Å². The van der Waals surface area contributed by atoms with E-state index in [1.54, 1.807) is 0 Å². The summed E-state index contributed by atoms with van der Waals surface area (Å²) in [6.07, 6.45) is 4.78. The Morgan fingerprint density at radius 2 is 1.76 bits per heavy atom. The van der Waals surface area contributed by atoms with Crippen LogP contribution < -0.4 is 0 Å². The maximum atomic E-state index is 12.3. The van der Waals surface area contributed by atoms with E-state index in [9.17, 15) is 4.79 Å². The van der Waals surface area contributed by atoms with Crippen LogP contribution in [-0.2, 0) is 4.74 Å². The van der Waals surface area contributed by atoms with Crippen molar-refractivity contribution in [1.29, 1.82) is 0 Å². The highest BCUT2D eigenvalue weighted by molar-refractivity contribution is 5.98. The SMILES string of the molecule is CCCCC(CC)COCC(=O)c1cc(C)c(C)cc1C. The van der Waals surface area contributed by atoms with E-state index in [1.165, 1.54) is 30.4 Å². The summed E-state index contributed by atoms with van der Waals surface area (Å²) in [5.41, 5.74) is 4.25. The standard InChI is InChI=1S/C19H30O2/c1-6-8-9-17(7-2)12-21-13-19(20)18-11-15(4)14(3)10-16(18)5/h10-11,17H,6-9,12-13H2,1-5H3. The Labute approximate surface area is 129 Å². The second kappa shape index (κ2) is 8.99. The molecule has 0 aliphatic heterocycles. The maximum Gasteiger partial charge on any atom is 0.188 e. The van der Waals surface area contributed by atoms with Crippen molar-refractivity contribution in [3.63, 3.8) is 0 Å². The van der Waals surface area contributed by atoms with Gasteiger partial charge in [-0.15, -0.1) is 0 Å². The summed E-state index contributed by atoms with van der Waals surface area (Å²) >= 11 is 0. The van der Waals surface area contributed by atoms with E-state index >= 15 is 0 Å². The summed E-state index contributed by atoms with van der Waals surface area (Å²) in [7, 11) is 0. The number of benzene rings is 1. The molecule has 0 saturated heterocycles. The van der Waals surface area contributed by atoms with Crippen LogP contribution in [0.25, 0.3) is 0 Å². The van der Waals surface area contributed by atoms with Crippen LogP contribution in [-0.4, -0.2) is 19.0 Å². The lowest BCUT2D eigenvalue weighted by Crippen LogP contribution is -2.16. The molecule has 2 heteroatoms. The largest absolute Gasteiger partial charge is 0.373 e. The molecule has 0 fully saturated rings. The number of aryl methyl sites for hydroxylation is 3. The van der Waals surface area contributed by atoms with E-state index in [0.717, 1.165) is 17.5 Å². The quantitative estimate of drug-likeness (QED) is 0.596. The van der Waals surface area contributed by atoms with Crippen LogP contribution in [0.4, 0.5) is 0 Å². The Balaban J connectivity index is 2.52. The van der Waals surface area contributed by atoms with Crippen molar-refractivity contribution in [2.24, 2.45) is 5.92 Å². The van der Waals surface area contributed by atoms with Crippen molar-refractivity contribution in [3.05, 3.63) is 34.4 Å². The molecule has 0 spiro atoms. The van der Waals surface area contributed by atoms with Gasteiger partial charge in [0.1, 0.15) is 6.61 Å². The number of unbranched alkanes of at least 4 members (excludes halogenated alkanes) is 1. The molecule has 1 unspecified atom stereocenters. The summed E-state index contributed by atoms with van der Waals surface area (Å²) in [6, 6.07) is 4.07. The molecule has 1 rings (SSSR count). The minimum atomic E-state index is 0.0981. The number of ether oxygens (including phenoxy) is 1. The lowest BCUT2D eigenvalue weighted by Gasteiger charge is -2.15. The van der Waals surface area contributed by atoms with Crippen molar-refractivity contribution < 1.29 is 9.53 Å². The van der Waals surface area contributed by atoms with Crippen molar-refractivity contribution in [3.8, 4) is 0 Å². The van der Waals surface area contributed by atoms with E-state index < -0.39 is 0 Å². The van der Waals surface area contributed by atoms with Gasteiger partial charge in [0.25, 0.3) is 0 Å². The molecular formula is C19H30O2. The number of hydrogen-bond acceptors (Lipinski definition) is 2. The highest BCUT2D eigenvalue weighted by atomic mass is 16.5. The molecule has 0 aliphatic rings. The predicted molar refractivity (Wildman–Crippen MR) is 89.1 cm³/mol. The molecular weight excluding hydrogens is 260 g/mol. The monoisotopic (exact) mass is 290 g/mol. The zero-order valence-corrected chi connectivity index (χ0v) is 14.3. The molecule has 1 aromatic rings. The highest BCUT2D eigenvalue weighted by Gasteiger charge is 2.12. The highest BCUT2D eigenvalue weighted by Crippen LogP contribution is 2.17. The third-order valence-corrected chi connectivity index (χ3v) is 4.27. The van der Waals surface area contributed by atoms with Crippen LogP contribution in [0, 0.1) is 26.7 Å². The lowest BCUT2D eigenvalue weighted by atomic mass is 9.98. The van der Waals surface area contributed by atoms with Crippen molar-refractivity contribution in [2.75, 3.05) is 13.2 Å². The minimum absolute atomic E-state index is 0.0981. The van der Waals surface area contributed by atoms with Gasteiger partial charge in [0, 0.05) is 12.2 Å². The van der Waals surface area contributed by atoms with Crippen LogP contribution in [0.1, 0.15) is 66.6 Å². The molecule has 0 bridgehead atoms. The molecule has 2 nitrogen and oxygen atoms in total. The van der Waals surface area contributed by atoms with Crippen molar-refractivity contribution >= 4 is 5.78 Å². The number of ketones is 1. The summed E-state index contributed by atoms with van der Waals surface area (Å²) < 4.78 is 5.68. The van der Waals surface area contributed by atoms with E-state index in [0.29, 0.717) is 12.5 Å². The molecule has 0 heterocycles. The topological polar surface area (TPSA) is 26.3 Å². The first-order chi connectivity index (χ1) is 9.99. The molecule has 0 aromatic heterocycles. The number of hydrogen-bond donors (Lipinski definition) is 0. The number of carbonyl (C=O) groups is 1. The number of carbonyl (C=O) groups excluding carboxylic acids is 1. The third kappa shape index (κ3) is 5.62. The lowest BCUT2D eigenvalue weighted by molar-refractivity contribution is 0.0658. The first-order valence-electron chi connectivity index (χ1n) is 8.18. The smallest absolute Gasteiger partial charge is 0.188 e. The molecule has 0 amide bonds. The zero-order valence-electron chi connectivity index (χ0n) is 14.3. The average Bonchev–Trinajstić information content (AvgIpc) is 2.46. The van der Waals surface area contributed by atoms with Gasteiger partial charge < -0.3 is 4.74 Å². The molecule has 1 atom stereocenters. The van der Waals surface area contributed by atoms with Gasteiger partial charge >= 0.3 is 0 Å². The van der Waals surface area contributed by atoms with E-state index in [-0.39, 0.29) is 12.4 Å². The van der Waals surface area contributed by atoms with Gasteiger partial charge in [-0.1, -0.05) is 39.2 Å². The summed E-state index contributed by atoms with van der Waals surface area (Å²) in [5, 5.41) is 0. The average molecular weight is 290 g/mol. The van der Waals surface area contributed by atoms with Gasteiger partial charge in [-0.25, -0.2) is 0 Å². The van der Waals surface area contributed by atoms with Gasteiger partial charge in [-0.3, -0.25) is 4.79 Å². The summed E-state index contributed by atoms with van der Waals surface area (Å²) in [5.74, 6) is 0.680. The van der Waals surface area contributed by atoms with Crippen LogP contribution in [0.15, 0.2) is 12.1 Å². The Hall–Kier alpha value is -1.15. The van der Waals surface area contributed by atoms with E-state index in [2.05, 4.69) is 26.8 Å². The van der Waals surface area contributed by atoms with Gasteiger partial charge in [-0.2, -0.15) is 0 Å². The fraction of sp³-hybridized carbons (Fsp3) is 0.632.